The Bertz CT molecular complexity index is 598. The van der Waals surface area contributed by atoms with E-state index in [-0.39, 0.29) is 11.7 Å². The topological polar surface area (TPSA) is 66.5 Å². The van der Waals surface area contributed by atoms with Crippen molar-refractivity contribution >= 4 is 15.9 Å². The molecule has 2 rings (SSSR count). The van der Waals surface area contributed by atoms with Crippen LogP contribution in [0.15, 0.2) is 24.3 Å². The minimum atomic E-state index is -3.41. The number of carbonyl (C=O) groups excluding carboxylic acids is 1. The molecule has 0 bridgehead atoms. The first kappa shape index (κ1) is 15.0. The fourth-order valence-corrected chi connectivity index (χ4v) is 4.16. The van der Waals surface area contributed by atoms with E-state index >= 15 is 0 Å². The van der Waals surface area contributed by atoms with Gasteiger partial charge in [-0.25, -0.2) is 8.42 Å². The number of benzene rings is 1. The number of carbonyl (C=O) groups is 1. The predicted octanol–water partition coefficient (Wildman–Crippen LogP) is 1.21. The van der Waals surface area contributed by atoms with Crippen molar-refractivity contribution in [1.29, 1.82) is 0 Å². The van der Waals surface area contributed by atoms with E-state index in [4.69, 9.17) is 0 Å². The van der Waals surface area contributed by atoms with Gasteiger partial charge in [0.15, 0.2) is 0 Å². The highest BCUT2D eigenvalue weighted by molar-refractivity contribution is 7.89. The molecule has 0 radical (unpaired) electrons. The van der Waals surface area contributed by atoms with Crippen molar-refractivity contribution in [3.63, 3.8) is 0 Å². The molecule has 1 fully saturated rings. The smallest absolute Gasteiger partial charge is 0.243 e. The van der Waals surface area contributed by atoms with Crippen LogP contribution in [-0.4, -0.2) is 37.5 Å². The lowest BCUT2D eigenvalue weighted by Gasteiger charge is -2.34. The van der Waals surface area contributed by atoms with Crippen LogP contribution in [0.1, 0.15) is 30.5 Å². The standard InChI is InChI=1S/C14H20N2O3S/c1-3-10-20(18,19)16-9-8-15-14(17)13(16)12-7-5-4-6-11(12)2/h4-7,13H,3,8-10H2,1-2H3,(H,15,17). The predicted molar refractivity (Wildman–Crippen MR) is 77.7 cm³/mol. The van der Waals surface area contributed by atoms with Gasteiger partial charge in [-0.3, -0.25) is 4.79 Å². The van der Waals surface area contributed by atoms with Crippen LogP contribution >= 0.6 is 0 Å². The molecule has 6 heteroatoms. The summed E-state index contributed by atoms with van der Waals surface area (Å²) >= 11 is 0. The largest absolute Gasteiger partial charge is 0.353 e. The molecule has 1 unspecified atom stereocenters. The van der Waals surface area contributed by atoms with Crippen LogP contribution in [0.25, 0.3) is 0 Å². The molecule has 1 aliphatic rings. The van der Waals surface area contributed by atoms with E-state index in [9.17, 15) is 13.2 Å². The third-order valence-corrected chi connectivity index (χ3v) is 5.50. The van der Waals surface area contributed by atoms with Gasteiger partial charge in [-0.1, -0.05) is 31.2 Å². The van der Waals surface area contributed by atoms with Gasteiger partial charge in [-0.05, 0) is 24.5 Å². The SMILES string of the molecule is CCCS(=O)(=O)N1CCNC(=O)C1c1ccccc1C. The number of hydrogen-bond donors (Lipinski definition) is 1. The molecule has 1 aliphatic heterocycles. The highest BCUT2D eigenvalue weighted by Crippen LogP contribution is 2.28. The molecule has 5 nitrogen and oxygen atoms in total. The first-order valence-corrected chi connectivity index (χ1v) is 8.41. The van der Waals surface area contributed by atoms with Crippen molar-refractivity contribution in [3.05, 3.63) is 35.4 Å². The average molecular weight is 296 g/mol. The highest BCUT2D eigenvalue weighted by atomic mass is 32.2. The van der Waals surface area contributed by atoms with Crippen LogP contribution in [0.4, 0.5) is 0 Å². The number of sulfonamides is 1. The number of hydrogen-bond acceptors (Lipinski definition) is 3. The molecule has 0 saturated carbocycles. The average Bonchev–Trinajstić information content (AvgIpc) is 2.39. The number of nitrogens with zero attached hydrogens (tertiary/aromatic N) is 1. The molecule has 0 spiro atoms. The van der Waals surface area contributed by atoms with Crippen LogP contribution < -0.4 is 5.32 Å². The maximum atomic E-state index is 12.4. The Morgan fingerprint density at radius 3 is 2.70 bits per heavy atom. The Hall–Kier alpha value is -1.40. The van der Waals surface area contributed by atoms with E-state index in [0.29, 0.717) is 19.5 Å². The molecule has 1 atom stereocenters. The summed E-state index contributed by atoms with van der Waals surface area (Å²) in [5.74, 6) is -0.173. The molecule has 1 saturated heterocycles. The maximum Gasteiger partial charge on any atom is 0.243 e. The summed E-state index contributed by atoms with van der Waals surface area (Å²) in [5.41, 5.74) is 1.68. The van der Waals surface area contributed by atoms with E-state index in [1.54, 1.807) is 0 Å². The maximum absolute atomic E-state index is 12.4. The van der Waals surface area contributed by atoms with Crippen molar-refractivity contribution in [2.45, 2.75) is 26.3 Å². The Kier molecular flexibility index (Phi) is 4.45. The van der Waals surface area contributed by atoms with Gasteiger partial charge in [0.1, 0.15) is 6.04 Å². The zero-order valence-electron chi connectivity index (χ0n) is 11.8. The van der Waals surface area contributed by atoms with Crippen LogP contribution in [0, 0.1) is 6.92 Å². The second kappa shape index (κ2) is 5.93. The van der Waals surface area contributed by atoms with Crippen LogP contribution in [0.5, 0.6) is 0 Å². The van der Waals surface area contributed by atoms with Crippen molar-refractivity contribution in [3.8, 4) is 0 Å². The van der Waals surface area contributed by atoms with E-state index in [1.807, 2.05) is 38.1 Å². The monoisotopic (exact) mass is 296 g/mol. The summed E-state index contributed by atoms with van der Waals surface area (Å²) in [7, 11) is -3.41. The molecule has 110 valence electrons. The minimum absolute atomic E-state index is 0.0721. The zero-order chi connectivity index (χ0) is 14.8. The number of aryl methyl sites for hydroxylation is 1. The van der Waals surface area contributed by atoms with E-state index < -0.39 is 16.1 Å². The first-order valence-electron chi connectivity index (χ1n) is 6.80. The summed E-state index contributed by atoms with van der Waals surface area (Å²) in [4.78, 5) is 12.2. The molecule has 1 amide bonds. The van der Waals surface area contributed by atoms with Crippen LogP contribution in [-0.2, 0) is 14.8 Å². The van der Waals surface area contributed by atoms with Gasteiger partial charge in [0.05, 0.1) is 5.75 Å². The molecule has 1 N–H and O–H groups in total. The fourth-order valence-electron chi connectivity index (χ4n) is 2.51. The third-order valence-electron chi connectivity index (χ3n) is 3.47. The molecule has 1 aromatic carbocycles. The van der Waals surface area contributed by atoms with Crippen molar-refractivity contribution in [1.82, 2.24) is 9.62 Å². The van der Waals surface area contributed by atoms with Crippen molar-refractivity contribution in [2.24, 2.45) is 0 Å². The third kappa shape index (κ3) is 2.86. The Morgan fingerprint density at radius 2 is 2.05 bits per heavy atom. The minimum Gasteiger partial charge on any atom is -0.353 e. The molecular formula is C14H20N2O3S. The summed E-state index contributed by atoms with van der Waals surface area (Å²) in [5, 5.41) is 2.76. The normalized spacial score (nSPS) is 20.7. The summed E-state index contributed by atoms with van der Waals surface area (Å²) in [6.07, 6.45) is 0.543. The van der Waals surface area contributed by atoms with Gasteiger partial charge in [0.2, 0.25) is 15.9 Å². The molecule has 1 heterocycles. The molecular weight excluding hydrogens is 276 g/mol. The zero-order valence-corrected chi connectivity index (χ0v) is 12.6. The first-order chi connectivity index (χ1) is 9.47. The number of amides is 1. The highest BCUT2D eigenvalue weighted by Gasteiger charge is 2.38. The van der Waals surface area contributed by atoms with Gasteiger partial charge >= 0.3 is 0 Å². The number of nitrogens with one attached hydrogen (secondary N) is 1. The van der Waals surface area contributed by atoms with Gasteiger partial charge in [-0.2, -0.15) is 4.31 Å². The van der Waals surface area contributed by atoms with Gasteiger partial charge in [-0.15, -0.1) is 0 Å². The Labute approximate surface area is 120 Å². The lowest BCUT2D eigenvalue weighted by Crippen LogP contribution is -2.52. The fraction of sp³-hybridized carbons (Fsp3) is 0.500. The van der Waals surface area contributed by atoms with Crippen LogP contribution in [0.2, 0.25) is 0 Å². The summed E-state index contributed by atoms with van der Waals surface area (Å²) in [6.45, 7) is 4.41. The second-order valence-electron chi connectivity index (χ2n) is 4.98. The Balaban J connectivity index is 2.45. The van der Waals surface area contributed by atoms with Crippen molar-refractivity contribution in [2.75, 3.05) is 18.8 Å². The summed E-state index contributed by atoms with van der Waals surface area (Å²) in [6, 6.07) is 6.67. The van der Waals surface area contributed by atoms with Gasteiger partial charge < -0.3 is 5.32 Å². The number of rotatable bonds is 4. The Morgan fingerprint density at radius 1 is 1.35 bits per heavy atom. The quantitative estimate of drug-likeness (QED) is 0.908. The molecule has 1 aromatic rings. The van der Waals surface area contributed by atoms with E-state index in [2.05, 4.69) is 5.32 Å². The van der Waals surface area contributed by atoms with Gasteiger partial charge in [0, 0.05) is 13.1 Å². The number of piperazine rings is 1. The molecule has 20 heavy (non-hydrogen) atoms. The lowest BCUT2D eigenvalue weighted by atomic mass is 9.99. The van der Waals surface area contributed by atoms with Crippen molar-refractivity contribution < 1.29 is 13.2 Å². The molecule has 0 aliphatic carbocycles. The summed E-state index contributed by atoms with van der Waals surface area (Å²) < 4.78 is 26.1. The second-order valence-corrected chi connectivity index (χ2v) is 7.02. The van der Waals surface area contributed by atoms with Gasteiger partial charge in [0.25, 0.3) is 0 Å². The molecule has 0 aromatic heterocycles. The van der Waals surface area contributed by atoms with E-state index in [0.717, 1.165) is 11.1 Å². The van der Waals surface area contributed by atoms with E-state index in [1.165, 1.54) is 4.31 Å². The lowest BCUT2D eigenvalue weighted by molar-refractivity contribution is -0.126. The van der Waals surface area contributed by atoms with Crippen LogP contribution in [0.3, 0.4) is 0 Å².